The lowest BCUT2D eigenvalue weighted by Gasteiger charge is -2.14. The van der Waals surface area contributed by atoms with Crippen molar-refractivity contribution in [2.45, 2.75) is 60.5 Å². The fourth-order valence-electron chi connectivity index (χ4n) is 1.96. The number of ether oxygens (including phenoxy) is 2. The van der Waals surface area contributed by atoms with E-state index in [4.69, 9.17) is 9.53 Å². The molecule has 0 radical (unpaired) electrons. The Morgan fingerprint density at radius 3 is 2.20 bits per heavy atom. The van der Waals surface area contributed by atoms with Crippen LogP contribution in [0.2, 0.25) is 0 Å². The zero-order valence-electron chi connectivity index (χ0n) is 16.7. The predicted molar refractivity (Wildman–Crippen MR) is 101 cm³/mol. The smallest absolute Gasteiger partial charge is 0.292 e. The number of benzene rings is 1. The van der Waals surface area contributed by atoms with Crippen molar-refractivity contribution in [2.24, 2.45) is 10.3 Å². The summed E-state index contributed by atoms with van der Waals surface area (Å²) in [6.45, 7) is 14.4. The van der Waals surface area contributed by atoms with Crippen LogP contribution in [0.3, 0.4) is 0 Å². The highest BCUT2D eigenvalue weighted by Gasteiger charge is 2.25. The summed E-state index contributed by atoms with van der Waals surface area (Å²) in [4.78, 5) is 8.95. The summed E-state index contributed by atoms with van der Waals surface area (Å²) < 4.78 is 9.81. The van der Waals surface area contributed by atoms with Gasteiger partial charge >= 0.3 is 0 Å². The molecule has 6 nitrogen and oxygen atoms in total. The van der Waals surface area contributed by atoms with Crippen molar-refractivity contribution in [1.82, 2.24) is 5.01 Å². The van der Waals surface area contributed by atoms with Crippen molar-refractivity contribution < 1.29 is 14.3 Å². The number of methoxy groups -OCH3 is 1. The third-order valence-corrected chi connectivity index (χ3v) is 3.33. The van der Waals surface area contributed by atoms with Crippen molar-refractivity contribution in [3.05, 3.63) is 23.3 Å². The van der Waals surface area contributed by atoms with Gasteiger partial charge in [-0.3, -0.25) is 9.80 Å². The van der Waals surface area contributed by atoms with Gasteiger partial charge in [0.05, 0.1) is 13.2 Å². The maximum Gasteiger partial charge on any atom is 0.292 e. The highest BCUT2D eigenvalue weighted by molar-refractivity contribution is 5.58. The van der Waals surface area contributed by atoms with E-state index in [-0.39, 0.29) is 0 Å². The van der Waals surface area contributed by atoms with E-state index >= 15 is 0 Å². The summed E-state index contributed by atoms with van der Waals surface area (Å²) in [5, 5.41) is 10.6. The van der Waals surface area contributed by atoms with Crippen LogP contribution in [0.4, 0.5) is 5.69 Å². The van der Waals surface area contributed by atoms with Gasteiger partial charge in [-0.2, -0.15) is 0 Å². The van der Waals surface area contributed by atoms with Crippen LogP contribution in [-0.4, -0.2) is 37.8 Å². The summed E-state index contributed by atoms with van der Waals surface area (Å²) in [6.07, 6.45) is 2.68. The highest BCUT2D eigenvalue weighted by Crippen LogP contribution is 2.37. The van der Waals surface area contributed by atoms with Crippen LogP contribution < -0.4 is 4.74 Å². The van der Waals surface area contributed by atoms with Crippen LogP contribution in [0.25, 0.3) is 0 Å². The van der Waals surface area contributed by atoms with Crippen LogP contribution in [0.15, 0.2) is 22.5 Å². The van der Waals surface area contributed by atoms with E-state index in [9.17, 15) is 0 Å². The predicted octanol–water partition coefficient (Wildman–Crippen LogP) is 5.00. The van der Waals surface area contributed by atoms with Gasteiger partial charge in [0.25, 0.3) is 6.47 Å². The molecule has 0 amide bonds. The molecule has 1 fully saturated rings. The second-order valence-electron chi connectivity index (χ2n) is 5.41. The second-order valence-corrected chi connectivity index (χ2v) is 5.41. The van der Waals surface area contributed by atoms with Gasteiger partial charge in [-0.05, 0) is 57.7 Å². The fraction of sp³-hybridized carbons (Fsp3) is 0.632. The van der Waals surface area contributed by atoms with Gasteiger partial charge in [-0.1, -0.05) is 25.1 Å². The molecule has 0 atom stereocenters. The van der Waals surface area contributed by atoms with E-state index in [1.165, 1.54) is 12.7 Å². The minimum absolute atomic E-state index is 0.375. The van der Waals surface area contributed by atoms with Crippen molar-refractivity contribution in [1.29, 1.82) is 0 Å². The lowest BCUT2D eigenvalue weighted by molar-refractivity contribution is -0.126. The Morgan fingerprint density at radius 2 is 1.76 bits per heavy atom. The number of carbonyl (C=O) groups is 1. The SMILES string of the molecule is CC.CCN(CC)N=Nc1c(C)cc(C)cc1OC1CC1.COC=O. The van der Waals surface area contributed by atoms with Crippen LogP contribution >= 0.6 is 0 Å². The molecule has 0 spiro atoms. The molecule has 1 aliphatic rings. The summed E-state index contributed by atoms with van der Waals surface area (Å²) in [5.74, 6) is 0.871. The Kier molecular flexibility index (Phi) is 12.1. The van der Waals surface area contributed by atoms with E-state index in [1.54, 1.807) is 0 Å². The molecule has 0 bridgehead atoms. The Morgan fingerprint density at radius 1 is 1.20 bits per heavy atom. The van der Waals surface area contributed by atoms with Gasteiger partial charge in [0.15, 0.2) is 0 Å². The molecule has 0 aliphatic heterocycles. The minimum Gasteiger partial charge on any atom is -0.488 e. The first kappa shape index (κ1) is 22.9. The Hall–Kier alpha value is -2.11. The molecule has 1 aliphatic carbocycles. The molecule has 142 valence electrons. The van der Waals surface area contributed by atoms with Gasteiger partial charge in [-0.25, -0.2) is 0 Å². The molecule has 1 aromatic rings. The van der Waals surface area contributed by atoms with Crippen molar-refractivity contribution in [3.8, 4) is 5.75 Å². The third-order valence-electron chi connectivity index (χ3n) is 3.33. The zero-order chi connectivity index (χ0) is 19.2. The van der Waals surface area contributed by atoms with Crippen LogP contribution in [-0.2, 0) is 9.53 Å². The Labute approximate surface area is 152 Å². The molecule has 6 heteroatoms. The number of rotatable bonds is 7. The zero-order valence-corrected chi connectivity index (χ0v) is 16.7. The average molecular weight is 351 g/mol. The van der Waals surface area contributed by atoms with Crippen molar-refractivity contribution >= 4 is 12.2 Å². The molecule has 0 heterocycles. The van der Waals surface area contributed by atoms with Gasteiger partial charge in [0, 0.05) is 13.1 Å². The molecule has 25 heavy (non-hydrogen) atoms. The highest BCUT2D eigenvalue weighted by atomic mass is 16.5. The summed E-state index contributed by atoms with van der Waals surface area (Å²) in [6, 6.07) is 4.18. The molecular formula is C19H33N3O3. The first-order valence-electron chi connectivity index (χ1n) is 8.96. The second kappa shape index (κ2) is 13.2. The Balaban J connectivity index is 0.000000845. The minimum atomic E-state index is 0.375. The molecule has 2 rings (SSSR count). The Bertz CT molecular complexity index is 525. The molecule has 0 aromatic heterocycles. The van der Waals surface area contributed by atoms with E-state index in [0.29, 0.717) is 12.6 Å². The van der Waals surface area contributed by atoms with Gasteiger partial charge in [0.2, 0.25) is 0 Å². The number of hydrogen-bond acceptors (Lipinski definition) is 5. The monoisotopic (exact) mass is 351 g/mol. The average Bonchev–Trinajstić information content (AvgIpc) is 3.43. The first-order valence-corrected chi connectivity index (χ1v) is 8.96. The largest absolute Gasteiger partial charge is 0.488 e. The van der Waals surface area contributed by atoms with Crippen molar-refractivity contribution in [2.75, 3.05) is 20.2 Å². The normalized spacial score (nSPS) is 12.4. The standard InChI is InChI=1S/C15H23N3O.C2H4O2.C2H6/c1-5-18(6-2)17-16-15-12(4)9-11(3)10-14(15)19-13-7-8-13;1-4-2-3;1-2/h9-10,13H,5-8H2,1-4H3;2H,1H3;1-2H3. The van der Waals surface area contributed by atoms with E-state index in [2.05, 4.69) is 54.9 Å². The van der Waals surface area contributed by atoms with E-state index < -0.39 is 0 Å². The number of carbonyl (C=O) groups excluding carboxylic acids is 1. The molecule has 0 N–H and O–H groups in total. The molecule has 0 unspecified atom stereocenters. The van der Waals surface area contributed by atoms with Crippen LogP contribution in [0, 0.1) is 13.8 Å². The van der Waals surface area contributed by atoms with E-state index in [1.807, 2.05) is 18.9 Å². The topological polar surface area (TPSA) is 63.5 Å². The van der Waals surface area contributed by atoms with Crippen molar-refractivity contribution in [3.63, 3.8) is 0 Å². The maximum atomic E-state index is 8.95. The molecule has 1 saturated carbocycles. The van der Waals surface area contributed by atoms with Gasteiger partial charge in [-0.15, -0.1) is 5.11 Å². The fourth-order valence-corrected chi connectivity index (χ4v) is 1.96. The molecular weight excluding hydrogens is 318 g/mol. The first-order chi connectivity index (χ1) is 12.0. The quantitative estimate of drug-likeness (QED) is 0.394. The lowest BCUT2D eigenvalue weighted by Crippen LogP contribution is -2.14. The molecule has 1 aromatic carbocycles. The summed E-state index contributed by atoms with van der Waals surface area (Å²) >= 11 is 0. The van der Waals surface area contributed by atoms with Gasteiger partial charge < -0.3 is 9.47 Å². The summed E-state index contributed by atoms with van der Waals surface area (Å²) in [5.41, 5.74) is 3.19. The van der Waals surface area contributed by atoms with Crippen LogP contribution in [0.1, 0.15) is 51.7 Å². The number of hydrogen-bond donors (Lipinski definition) is 0. The van der Waals surface area contributed by atoms with E-state index in [0.717, 1.165) is 42.9 Å². The number of aryl methyl sites for hydroxylation is 2. The third kappa shape index (κ3) is 9.08. The molecule has 0 saturated heterocycles. The van der Waals surface area contributed by atoms with Gasteiger partial charge in [0.1, 0.15) is 11.4 Å². The maximum absolute atomic E-state index is 8.95. The summed E-state index contributed by atoms with van der Waals surface area (Å²) in [7, 11) is 1.31. The lowest BCUT2D eigenvalue weighted by atomic mass is 10.1. The number of nitrogens with zero attached hydrogens (tertiary/aromatic N) is 3. The van der Waals surface area contributed by atoms with Crippen LogP contribution in [0.5, 0.6) is 5.75 Å².